The topological polar surface area (TPSA) is 331 Å². The molecule has 3 aliphatic carbocycles. The number of amides is 6. The average molecular weight is 1470 g/mol. The van der Waals surface area contributed by atoms with Crippen LogP contribution in [0.15, 0.2) is 147 Å². The van der Waals surface area contributed by atoms with Crippen LogP contribution in [0.3, 0.4) is 0 Å². The first-order valence-electron chi connectivity index (χ1n) is 35.7. The number of benzene rings is 3. The molecular formula is C78H95ClF3N14NaO8. The van der Waals surface area contributed by atoms with E-state index < -0.39 is 58.1 Å². The Hall–Kier alpha value is -8.24. The van der Waals surface area contributed by atoms with Crippen molar-refractivity contribution in [2.24, 2.45) is 52.7 Å². The van der Waals surface area contributed by atoms with Gasteiger partial charge in [-0.3, -0.25) is 44.2 Å². The second-order valence-electron chi connectivity index (χ2n) is 28.9. The predicted molar refractivity (Wildman–Crippen MR) is 391 cm³/mol. The van der Waals surface area contributed by atoms with Crippen LogP contribution in [0, 0.1) is 53.0 Å². The molecule has 9 atom stereocenters. The third-order valence-electron chi connectivity index (χ3n) is 20.7. The number of nitrogens with two attached hydrogens (primary N) is 3. The molecule has 6 fully saturated rings. The summed E-state index contributed by atoms with van der Waals surface area (Å²) in [6.07, 6.45) is 26.0. The quantitative estimate of drug-likeness (QED) is 0.0129. The molecule has 3 aromatic carbocycles. The van der Waals surface area contributed by atoms with Crippen molar-refractivity contribution < 1.29 is 83.1 Å². The van der Waals surface area contributed by atoms with Crippen molar-refractivity contribution in [2.75, 3.05) is 40.9 Å². The van der Waals surface area contributed by atoms with E-state index in [0.29, 0.717) is 66.5 Å². The number of halogens is 4. The molecule has 3 aliphatic heterocycles. The molecule has 3 unspecified atom stereocenters. The Balaban J connectivity index is 0.000000196. The van der Waals surface area contributed by atoms with Crippen molar-refractivity contribution in [3.63, 3.8) is 0 Å². The summed E-state index contributed by atoms with van der Waals surface area (Å²) in [5, 5.41) is 23.0. The summed E-state index contributed by atoms with van der Waals surface area (Å²) in [7, 11) is 0. The SMILES string of the molecule is CC(=O)N1C[C@H](C)C[C@@H]1C(=O)Nc1cc(C(N)(CCC2CC2)c2ccncc2)ccc1F.C[C@@H]1C[C@H](C(=O)Nc2cc(C(N)(CCC3CC3)c3ccncc3)ccc2F)N(C(=O)Nc2ccc(Cl)cn2)C1.C[C@H]1CN[C@@H](C(=O)Nc2cc(C(N)(CCC3CC3)c3ccncc3)ccc2F)C1.O=CO[O-].[HH].[Na+]. The van der Waals surface area contributed by atoms with Crippen LogP contribution in [-0.2, 0) is 45.5 Å². The van der Waals surface area contributed by atoms with Gasteiger partial charge in [0.1, 0.15) is 35.4 Å². The molecule has 3 saturated heterocycles. The van der Waals surface area contributed by atoms with Crippen LogP contribution in [0.2, 0.25) is 5.02 Å². The number of carbonyl (C=O) groups excluding carboxylic acids is 6. The van der Waals surface area contributed by atoms with Gasteiger partial charge in [-0.05, 0) is 218 Å². The second kappa shape index (κ2) is 36.8. The zero-order chi connectivity index (χ0) is 74.3. The van der Waals surface area contributed by atoms with Crippen LogP contribution in [0.25, 0.3) is 0 Å². The largest absolute Gasteiger partial charge is 1.00 e. The first kappa shape index (κ1) is 80.8. The number of aromatic nitrogens is 4. The van der Waals surface area contributed by atoms with Gasteiger partial charge in [0, 0.05) is 64.8 Å². The zero-order valence-corrected chi connectivity index (χ0v) is 62.8. The van der Waals surface area contributed by atoms with Gasteiger partial charge in [0.25, 0.3) is 6.47 Å². The van der Waals surface area contributed by atoms with E-state index in [4.69, 9.17) is 38.9 Å². The van der Waals surface area contributed by atoms with Crippen molar-refractivity contribution in [1.29, 1.82) is 0 Å². The fourth-order valence-corrected chi connectivity index (χ4v) is 14.2. The molecule has 0 radical (unpaired) electrons. The summed E-state index contributed by atoms with van der Waals surface area (Å²) in [5.41, 5.74) is 23.8. The third kappa shape index (κ3) is 21.5. The molecule has 0 bridgehead atoms. The van der Waals surface area contributed by atoms with Crippen LogP contribution in [0.4, 0.5) is 40.8 Å². The van der Waals surface area contributed by atoms with Gasteiger partial charge in [-0.1, -0.05) is 89.1 Å². The van der Waals surface area contributed by atoms with E-state index in [1.54, 1.807) is 90.6 Å². The number of likely N-dealkylation sites (tertiary alicyclic amines) is 2. The molecule has 27 heteroatoms. The van der Waals surface area contributed by atoms with Crippen molar-refractivity contribution in [1.82, 2.24) is 35.1 Å². The average Bonchev–Trinajstić information content (AvgIpc) is 1.22. The van der Waals surface area contributed by atoms with Gasteiger partial charge >= 0.3 is 35.6 Å². The van der Waals surface area contributed by atoms with Crippen molar-refractivity contribution in [2.45, 2.75) is 159 Å². The standard InChI is InChI=1S/C29H32ClFN6O2.C25H31FN4O2.C23H29FN4O.CH2O3.Na.H2/c1-18-14-25(37(17-18)28(39)36-26-7-5-22(30)16-34-26)27(38)35-24-15-21(4-6-23(24)31)29(32,11-8-19-2-3-19)20-9-12-33-13-10-20;1-16-13-23(30(15-16)17(2)31)24(32)29-22-14-20(5-6-21(22)26)25(27,10-7-18-3-4-18)19-8-11-28-12-9-19;1-15-12-21(27-14-15)22(29)28-20-13-18(4-5-19(20)24)23(25,9-6-16-2-3-16)17-7-10-26-11-8-17;2-1-4-3;;/h4-7,9-10,12-13,15-16,18-19,25H,2-3,8,11,14,17,32H2,1H3,(H,35,38)(H,34,36,39);5-6,8-9,11-12,14,16,18,23H,3-4,7,10,13,15,27H2,1-2H3,(H,29,32);4-5,7-8,10-11,13,15-16,21,27H,2-3,6,9,12,14,25H2,1H3,(H,28,29);1,3H;;1H/q;;;;+1;/p-1/t18-,25-,29?;16-,23-,25?;15-,21-,23?;;;/m111.../s1. The Morgan fingerprint density at radius 1 is 0.562 bits per heavy atom. The Morgan fingerprint density at radius 3 is 1.27 bits per heavy atom. The molecular weight excluding hydrogens is 1380 g/mol. The van der Waals surface area contributed by atoms with Crippen molar-refractivity contribution in [3.8, 4) is 0 Å². The summed E-state index contributed by atoms with van der Waals surface area (Å²) in [6, 6.07) is 26.6. The molecule has 6 amide bonds. The molecule has 11 N–H and O–H groups in total. The van der Waals surface area contributed by atoms with Crippen LogP contribution >= 0.6 is 11.6 Å². The number of hydrogen-bond donors (Lipinski definition) is 8. The van der Waals surface area contributed by atoms with Crippen molar-refractivity contribution in [3.05, 3.63) is 202 Å². The number of anilines is 4. The maximum absolute atomic E-state index is 15.0. The minimum Gasteiger partial charge on any atom is -0.662 e. The fourth-order valence-electron chi connectivity index (χ4n) is 14.1. The van der Waals surface area contributed by atoms with E-state index in [0.717, 1.165) is 78.8 Å². The Labute approximate surface area is 639 Å². The van der Waals surface area contributed by atoms with Crippen LogP contribution in [0.1, 0.15) is 159 Å². The van der Waals surface area contributed by atoms with Gasteiger partial charge in [0.15, 0.2) is 0 Å². The third-order valence-corrected chi connectivity index (χ3v) is 20.9. The summed E-state index contributed by atoms with van der Waals surface area (Å²) in [6.45, 7) is 9.06. The minimum atomic E-state index is -0.863. The zero-order valence-electron chi connectivity index (χ0n) is 60.1. The summed E-state index contributed by atoms with van der Waals surface area (Å²) in [5.74, 6) is 0.434. The van der Waals surface area contributed by atoms with Gasteiger partial charge in [0.2, 0.25) is 23.6 Å². The normalized spacial score (nSPS) is 21.1. The van der Waals surface area contributed by atoms with Gasteiger partial charge in [-0.15, -0.1) is 0 Å². The maximum atomic E-state index is 15.0. The Morgan fingerprint density at radius 2 is 0.933 bits per heavy atom. The molecule has 7 heterocycles. The van der Waals surface area contributed by atoms with Crippen molar-refractivity contribution >= 4 is 70.6 Å². The molecule has 105 heavy (non-hydrogen) atoms. The van der Waals surface area contributed by atoms with Crippen LogP contribution in [0.5, 0.6) is 0 Å². The molecule has 554 valence electrons. The Kier molecular flexibility index (Phi) is 28.4. The second-order valence-corrected chi connectivity index (χ2v) is 29.4. The van der Waals surface area contributed by atoms with E-state index in [2.05, 4.69) is 58.3 Å². The number of rotatable bonds is 23. The minimum absolute atomic E-state index is 0. The molecule has 4 aromatic heterocycles. The van der Waals surface area contributed by atoms with E-state index in [1.807, 2.05) is 50.2 Å². The van der Waals surface area contributed by atoms with E-state index >= 15 is 4.39 Å². The van der Waals surface area contributed by atoms with E-state index in [-0.39, 0.29) is 90.1 Å². The predicted octanol–water partition coefficient (Wildman–Crippen LogP) is 8.59. The van der Waals surface area contributed by atoms with Gasteiger partial charge in [0.05, 0.1) is 44.7 Å². The number of hydrogen-bond acceptors (Lipinski definition) is 16. The maximum Gasteiger partial charge on any atom is 1.00 e. The van der Waals surface area contributed by atoms with E-state index in [1.165, 1.54) is 74.7 Å². The number of nitrogens with zero attached hydrogens (tertiary/aromatic N) is 6. The Bertz CT molecular complexity index is 4110. The van der Waals surface area contributed by atoms with Crippen LogP contribution in [-0.4, -0.2) is 104 Å². The number of nitrogens with one attached hydrogen (secondary N) is 5. The number of pyridine rings is 4. The fraction of sp³-hybridized carbons (Fsp3) is 0.436. The molecule has 6 aliphatic rings. The van der Waals surface area contributed by atoms with Crippen LogP contribution < -0.4 is 78.6 Å². The van der Waals surface area contributed by atoms with Gasteiger partial charge in [-0.25, -0.2) is 22.9 Å². The monoisotopic (exact) mass is 1470 g/mol. The first-order chi connectivity index (χ1) is 49.9. The molecule has 7 aromatic rings. The first-order valence-corrected chi connectivity index (χ1v) is 36.1. The number of carbonyl (C=O) groups is 6. The van der Waals surface area contributed by atoms with Gasteiger partial charge < -0.3 is 58.4 Å². The summed E-state index contributed by atoms with van der Waals surface area (Å²) < 4.78 is 44.2. The molecule has 3 saturated carbocycles. The number of urea groups is 1. The summed E-state index contributed by atoms with van der Waals surface area (Å²) in [4.78, 5) is 94.6. The van der Waals surface area contributed by atoms with E-state index in [9.17, 15) is 32.8 Å². The summed E-state index contributed by atoms with van der Waals surface area (Å²) >= 11 is 5.88. The molecule has 13 rings (SSSR count). The molecule has 0 spiro atoms. The smallest absolute Gasteiger partial charge is 0.662 e. The van der Waals surface area contributed by atoms with Gasteiger partial charge in [-0.2, -0.15) is 0 Å². The molecule has 22 nitrogen and oxygen atoms in total.